The van der Waals surface area contributed by atoms with Gasteiger partial charge < -0.3 is 47.5 Å². The standard InChI is InChI=1S/C7H10N4O4S.C7H8N4O3S/c8-7-10-3(2-16-7)5(11-15)6(14)9-1-4(12)13;8-7-10-4(3-15-7)5(11-14)6(13)9-1-2-12/h2,4,12-13,15H,1H2,(H2,8,10)(H,9,14);2-3,14H,1H2,(H2,8,10)(H,9,13)/b2*11-5-. The van der Waals surface area contributed by atoms with Gasteiger partial charge in [-0.3, -0.25) is 9.59 Å². The molecule has 0 saturated carbocycles. The Morgan fingerprint density at radius 1 is 1.00 bits per heavy atom. The summed E-state index contributed by atoms with van der Waals surface area (Å²) in [4.78, 5) is 40.2. The van der Waals surface area contributed by atoms with Gasteiger partial charge in [-0.05, 0) is 0 Å². The van der Waals surface area contributed by atoms with E-state index in [1.165, 1.54) is 10.8 Å². The molecule has 2 amide bonds. The zero-order valence-electron chi connectivity index (χ0n) is 15.5. The molecule has 15 nitrogen and oxygen atoms in total. The van der Waals surface area contributed by atoms with Gasteiger partial charge in [0.05, 0.1) is 13.1 Å². The van der Waals surface area contributed by atoms with E-state index in [2.05, 4.69) is 30.9 Å². The Kier molecular flexibility index (Phi) is 10.5. The first-order chi connectivity index (χ1) is 14.7. The average Bonchev–Trinajstić information content (AvgIpc) is 3.35. The van der Waals surface area contributed by atoms with Crippen LogP contribution in [-0.2, 0) is 14.4 Å². The van der Waals surface area contributed by atoms with Gasteiger partial charge in [0.1, 0.15) is 17.7 Å². The number of aromatic nitrogens is 2. The molecule has 0 aliphatic rings. The van der Waals surface area contributed by atoms with E-state index in [0.717, 1.165) is 22.7 Å². The number of carbonyl (C=O) groups is 3. The summed E-state index contributed by atoms with van der Waals surface area (Å²) < 4.78 is 0. The van der Waals surface area contributed by atoms with E-state index < -0.39 is 18.1 Å². The molecule has 0 radical (unpaired) electrons. The number of amides is 2. The maximum absolute atomic E-state index is 11.4. The van der Waals surface area contributed by atoms with Crippen LogP contribution < -0.4 is 22.1 Å². The Labute approximate surface area is 181 Å². The number of nitrogens with two attached hydrogens (primary N) is 2. The highest BCUT2D eigenvalue weighted by Gasteiger charge is 2.18. The zero-order chi connectivity index (χ0) is 23.4. The molecule has 31 heavy (non-hydrogen) atoms. The third-order valence-corrected chi connectivity index (χ3v) is 4.30. The molecule has 2 aromatic heterocycles. The van der Waals surface area contributed by atoms with Gasteiger partial charge in [-0.2, -0.15) is 0 Å². The Hall–Kier alpha value is -3.67. The molecule has 168 valence electrons. The number of oxime groups is 2. The molecule has 0 spiro atoms. The van der Waals surface area contributed by atoms with E-state index in [-0.39, 0.29) is 46.2 Å². The second kappa shape index (κ2) is 12.8. The van der Waals surface area contributed by atoms with Crippen molar-refractivity contribution in [2.45, 2.75) is 6.29 Å². The maximum atomic E-state index is 11.4. The summed E-state index contributed by atoms with van der Waals surface area (Å²) in [6.07, 6.45) is -1.16. The highest BCUT2D eigenvalue weighted by molar-refractivity contribution is 7.14. The van der Waals surface area contributed by atoms with Crippen molar-refractivity contribution in [1.82, 2.24) is 20.6 Å². The summed E-state index contributed by atoms with van der Waals surface area (Å²) >= 11 is 2.20. The third kappa shape index (κ3) is 8.30. The van der Waals surface area contributed by atoms with Crippen LogP contribution in [0.4, 0.5) is 10.3 Å². The zero-order valence-corrected chi connectivity index (χ0v) is 17.1. The van der Waals surface area contributed by atoms with Crippen LogP contribution in [0.3, 0.4) is 0 Å². The van der Waals surface area contributed by atoms with Gasteiger partial charge in [0.2, 0.25) is 0 Å². The molecule has 2 rings (SSSR count). The fraction of sp³-hybridized carbons (Fsp3) is 0.214. The number of hydrogen-bond acceptors (Lipinski definition) is 15. The highest BCUT2D eigenvalue weighted by atomic mass is 32.1. The maximum Gasteiger partial charge on any atom is 0.275 e. The number of thiazole rings is 2. The third-order valence-electron chi connectivity index (χ3n) is 2.95. The molecule has 10 N–H and O–H groups in total. The van der Waals surface area contributed by atoms with Crippen LogP contribution in [0.5, 0.6) is 0 Å². The minimum atomic E-state index is -1.68. The fourth-order valence-corrected chi connectivity index (χ4v) is 2.80. The smallest absolute Gasteiger partial charge is 0.275 e. The van der Waals surface area contributed by atoms with Gasteiger partial charge in [-0.15, -0.1) is 22.7 Å². The molecule has 0 aliphatic carbocycles. The number of carbonyl (C=O) groups excluding carboxylic acids is 3. The average molecular weight is 474 g/mol. The fourth-order valence-electron chi connectivity index (χ4n) is 1.70. The summed E-state index contributed by atoms with van der Waals surface area (Å²) in [5.74, 6) is -1.46. The summed E-state index contributed by atoms with van der Waals surface area (Å²) in [6, 6.07) is 0. The van der Waals surface area contributed by atoms with Crippen molar-refractivity contribution in [3.63, 3.8) is 0 Å². The number of aliphatic hydroxyl groups excluding tert-OH is 1. The number of hydrogen-bond donors (Lipinski definition) is 8. The molecular weight excluding hydrogens is 456 g/mol. The molecule has 17 heteroatoms. The second-order valence-electron chi connectivity index (χ2n) is 5.11. The topological polar surface area (TPSA) is 259 Å². The Morgan fingerprint density at radius 3 is 1.77 bits per heavy atom. The molecule has 0 fully saturated rings. The predicted octanol–water partition coefficient (Wildman–Crippen LogP) is -2.45. The van der Waals surface area contributed by atoms with Crippen LogP contribution in [0.2, 0.25) is 0 Å². The van der Waals surface area contributed by atoms with Gasteiger partial charge in [-0.25, -0.2) is 9.97 Å². The number of aliphatic hydroxyl groups is 2. The lowest BCUT2D eigenvalue weighted by atomic mass is 10.3. The first-order valence-corrected chi connectivity index (χ1v) is 9.72. The summed E-state index contributed by atoms with van der Waals surface area (Å²) in [5, 5.41) is 47.7. The Bertz CT molecular complexity index is 956. The van der Waals surface area contributed by atoms with Gasteiger partial charge >= 0.3 is 0 Å². The molecule has 0 saturated heterocycles. The lowest BCUT2D eigenvalue weighted by Gasteiger charge is -2.05. The van der Waals surface area contributed by atoms with Crippen molar-refractivity contribution in [3.8, 4) is 0 Å². The van der Waals surface area contributed by atoms with Crippen LogP contribution in [0.15, 0.2) is 21.1 Å². The molecule has 0 atom stereocenters. The van der Waals surface area contributed by atoms with Gasteiger partial charge in [0, 0.05) is 10.8 Å². The molecule has 0 aromatic carbocycles. The first kappa shape index (κ1) is 25.4. The van der Waals surface area contributed by atoms with Gasteiger partial charge in [0.15, 0.2) is 28.0 Å². The van der Waals surface area contributed by atoms with Crippen molar-refractivity contribution in [2.75, 3.05) is 24.6 Å². The number of nitrogens with zero attached hydrogens (tertiary/aromatic N) is 4. The lowest BCUT2D eigenvalue weighted by Crippen LogP contribution is -2.37. The lowest BCUT2D eigenvalue weighted by molar-refractivity contribution is -0.117. The van der Waals surface area contributed by atoms with Crippen LogP contribution >= 0.6 is 22.7 Å². The van der Waals surface area contributed by atoms with Crippen LogP contribution in [0.25, 0.3) is 0 Å². The number of nitrogen functional groups attached to an aromatic ring is 2. The monoisotopic (exact) mass is 474 g/mol. The number of anilines is 2. The minimum Gasteiger partial charge on any atom is -0.410 e. The van der Waals surface area contributed by atoms with E-state index >= 15 is 0 Å². The van der Waals surface area contributed by atoms with Gasteiger partial charge in [-0.1, -0.05) is 10.3 Å². The van der Waals surface area contributed by atoms with E-state index in [1.807, 2.05) is 0 Å². The molecule has 2 heterocycles. The molecule has 0 unspecified atom stereocenters. The minimum absolute atomic E-state index is 0.120. The van der Waals surface area contributed by atoms with Crippen LogP contribution in [0.1, 0.15) is 11.4 Å². The summed E-state index contributed by atoms with van der Waals surface area (Å²) in [7, 11) is 0. The molecular formula is C14H18N8O7S2. The second-order valence-corrected chi connectivity index (χ2v) is 6.89. The highest BCUT2D eigenvalue weighted by Crippen LogP contribution is 2.12. The number of aldehydes is 1. The van der Waals surface area contributed by atoms with Crippen molar-refractivity contribution < 1.29 is 35.0 Å². The molecule has 2 aromatic rings. The molecule has 0 bridgehead atoms. The van der Waals surface area contributed by atoms with Gasteiger partial charge in [0.25, 0.3) is 11.8 Å². The first-order valence-electron chi connectivity index (χ1n) is 7.96. The van der Waals surface area contributed by atoms with E-state index in [1.54, 1.807) is 0 Å². The predicted molar refractivity (Wildman–Crippen MR) is 110 cm³/mol. The van der Waals surface area contributed by atoms with Crippen molar-refractivity contribution in [3.05, 3.63) is 22.1 Å². The Balaban J connectivity index is 0.000000311. The largest absolute Gasteiger partial charge is 0.410 e. The number of nitrogens with one attached hydrogen (secondary N) is 2. The SMILES string of the molecule is Nc1nc(/C(=N/O)C(=O)NCC(O)O)cs1.Nc1nc(/C(=N/O)C(=O)NCC=O)cs1. The van der Waals surface area contributed by atoms with E-state index in [0.29, 0.717) is 6.29 Å². The van der Waals surface area contributed by atoms with E-state index in [4.69, 9.17) is 32.1 Å². The Morgan fingerprint density at radius 2 is 1.45 bits per heavy atom. The summed E-state index contributed by atoms with van der Waals surface area (Å²) in [6.45, 7) is -0.533. The van der Waals surface area contributed by atoms with Crippen molar-refractivity contribution in [1.29, 1.82) is 0 Å². The normalized spacial score (nSPS) is 11.5. The van der Waals surface area contributed by atoms with Crippen LogP contribution in [0, 0.1) is 0 Å². The van der Waals surface area contributed by atoms with Crippen molar-refractivity contribution >= 4 is 62.5 Å². The summed E-state index contributed by atoms with van der Waals surface area (Å²) in [5.41, 5.74) is 10.4. The van der Waals surface area contributed by atoms with E-state index in [9.17, 15) is 14.4 Å². The van der Waals surface area contributed by atoms with Crippen LogP contribution in [-0.4, -0.2) is 79.5 Å². The molecule has 0 aliphatic heterocycles. The van der Waals surface area contributed by atoms with Crippen molar-refractivity contribution in [2.24, 2.45) is 10.3 Å². The quantitative estimate of drug-likeness (QED) is 0.0654. The number of rotatable bonds is 8.